The van der Waals surface area contributed by atoms with Crippen LogP contribution in [-0.2, 0) is 21.3 Å². The normalized spacial score (nSPS) is 18.3. The average Bonchev–Trinajstić information content (AvgIpc) is 3.18. The van der Waals surface area contributed by atoms with Crippen LogP contribution in [0.3, 0.4) is 0 Å². The minimum atomic E-state index is -0.634. The number of anilines is 1. The van der Waals surface area contributed by atoms with Crippen LogP contribution < -0.4 is 5.32 Å². The lowest BCUT2D eigenvalue weighted by Gasteiger charge is -2.33. The van der Waals surface area contributed by atoms with Crippen molar-refractivity contribution in [1.82, 2.24) is 14.8 Å². The summed E-state index contributed by atoms with van der Waals surface area (Å²) in [7, 11) is 3.03. The zero-order chi connectivity index (χ0) is 24.2. The number of ether oxygens (including phenoxy) is 2. The Morgan fingerprint density at radius 3 is 2.64 bits per heavy atom. The van der Waals surface area contributed by atoms with Crippen LogP contribution >= 0.6 is 0 Å². The number of carbonyl (C=O) groups excluding carboxylic acids is 2. The summed E-state index contributed by atoms with van der Waals surface area (Å²) < 4.78 is 12.0. The highest BCUT2D eigenvalue weighted by Crippen LogP contribution is 2.32. The van der Waals surface area contributed by atoms with E-state index in [0.29, 0.717) is 23.5 Å². The Morgan fingerprint density at radius 1 is 1.30 bits per heavy atom. The van der Waals surface area contributed by atoms with E-state index in [2.05, 4.69) is 21.5 Å². The van der Waals surface area contributed by atoms with Crippen LogP contribution in [0.1, 0.15) is 68.8 Å². The molecule has 3 rings (SSSR count). The second-order valence-electron chi connectivity index (χ2n) is 9.37. The van der Waals surface area contributed by atoms with Gasteiger partial charge in [-0.25, -0.2) is 9.78 Å². The maximum Gasteiger partial charge on any atom is 0.341 e. The molecule has 0 spiro atoms. The largest absolute Gasteiger partial charge is 0.465 e. The van der Waals surface area contributed by atoms with E-state index in [9.17, 15) is 14.9 Å². The second kappa shape index (κ2) is 10.0. The van der Waals surface area contributed by atoms with Crippen LogP contribution in [0.5, 0.6) is 0 Å². The van der Waals surface area contributed by atoms with E-state index in [0.717, 1.165) is 25.7 Å². The van der Waals surface area contributed by atoms with E-state index < -0.39 is 11.6 Å². The monoisotopic (exact) mass is 453 g/mol. The highest BCUT2D eigenvalue weighted by molar-refractivity contribution is 5.99. The zero-order valence-corrected chi connectivity index (χ0v) is 19.8. The first kappa shape index (κ1) is 24.2. The summed E-state index contributed by atoms with van der Waals surface area (Å²) in [5.74, 6) is -0.295. The molecule has 1 fully saturated rings. The van der Waals surface area contributed by atoms with E-state index in [-0.39, 0.29) is 29.1 Å². The molecule has 9 nitrogen and oxygen atoms in total. The van der Waals surface area contributed by atoms with Gasteiger partial charge in [-0.2, -0.15) is 10.4 Å². The molecule has 1 aliphatic rings. The van der Waals surface area contributed by atoms with Crippen LogP contribution in [0.4, 0.5) is 5.82 Å². The minimum Gasteiger partial charge on any atom is -0.465 e. The van der Waals surface area contributed by atoms with Gasteiger partial charge in [-0.3, -0.25) is 9.48 Å². The fourth-order valence-electron chi connectivity index (χ4n) is 4.20. The third kappa shape index (κ3) is 6.09. The summed E-state index contributed by atoms with van der Waals surface area (Å²) in [5.41, 5.74) is 0.675. The van der Waals surface area contributed by atoms with Crippen molar-refractivity contribution in [3.05, 3.63) is 29.6 Å². The summed E-state index contributed by atoms with van der Waals surface area (Å²) >= 11 is 0. The molecule has 2 heterocycles. The van der Waals surface area contributed by atoms with Crippen LogP contribution in [-0.4, -0.2) is 45.5 Å². The van der Waals surface area contributed by atoms with Crippen molar-refractivity contribution >= 4 is 17.8 Å². The van der Waals surface area contributed by atoms with Crippen LogP contribution in [0.2, 0.25) is 0 Å². The Kier molecular flexibility index (Phi) is 7.36. The molecule has 0 radical (unpaired) electrons. The highest BCUT2D eigenvalue weighted by atomic mass is 16.6. The molecule has 33 heavy (non-hydrogen) atoms. The lowest BCUT2D eigenvalue weighted by atomic mass is 9.82. The number of hydrogen-bond acceptors (Lipinski definition) is 8. The number of hydrogen-bond donors (Lipinski definition) is 1. The standard InChI is InChI=1S/C24H31N5O4/c1-24(2,3)33-20(30)11-15-8-6-7-9-18(15)27-19-10-16(12-25)21(23(31)32-5)22(28-19)17-13-26-29(4)14-17/h10,13-15,18H,6-9,11H2,1-5H3,(H,27,28)/t15-,18-/m1/s1. The Labute approximate surface area is 194 Å². The molecule has 0 amide bonds. The molecule has 0 aliphatic heterocycles. The number of rotatable bonds is 6. The fourth-order valence-corrected chi connectivity index (χ4v) is 4.20. The fraction of sp³-hybridized carbons (Fsp3) is 0.542. The van der Waals surface area contributed by atoms with Gasteiger partial charge in [0.1, 0.15) is 23.1 Å². The van der Waals surface area contributed by atoms with Crippen molar-refractivity contribution in [3.63, 3.8) is 0 Å². The first-order valence-corrected chi connectivity index (χ1v) is 11.1. The minimum absolute atomic E-state index is 0.00367. The van der Waals surface area contributed by atoms with E-state index in [1.54, 1.807) is 30.2 Å². The molecule has 2 aromatic rings. The molecule has 1 aliphatic carbocycles. The molecule has 0 unspecified atom stereocenters. The molecule has 176 valence electrons. The zero-order valence-electron chi connectivity index (χ0n) is 19.8. The number of aryl methyl sites for hydroxylation is 1. The molecular formula is C24H31N5O4. The molecule has 1 N–H and O–H groups in total. The molecule has 2 atom stereocenters. The second-order valence-corrected chi connectivity index (χ2v) is 9.37. The Hall–Kier alpha value is -3.41. The molecule has 1 saturated carbocycles. The quantitative estimate of drug-likeness (QED) is 0.655. The molecule has 0 saturated heterocycles. The number of esters is 2. The molecule has 0 bridgehead atoms. The molecular weight excluding hydrogens is 422 g/mol. The summed E-state index contributed by atoms with van der Waals surface area (Å²) in [4.78, 5) is 29.6. The lowest BCUT2D eigenvalue weighted by Crippen LogP contribution is -2.35. The summed E-state index contributed by atoms with van der Waals surface area (Å²) in [6.45, 7) is 5.58. The number of pyridine rings is 1. The van der Waals surface area contributed by atoms with Gasteiger partial charge in [0, 0.05) is 24.8 Å². The maximum absolute atomic E-state index is 12.5. The van der Waals surface area contributed by atoms with Gasteiger partial charge in [0.05, 0.1) is 31.0 Å². The topological polar surface area (TPSA) is 119 Å². The molecule has 9 heteroatoms. The third-order valence-corrected chi connectivity index (χ3v) is 5.60. The van der Waals surface area contributed by atoms with Crippen LogP contribution in [0.25, 0.3) is 11.3 Å². The summed E-state index contributed by atoms with van der Waals surface area (Å²) in [6.07, 6.45) is 7.48. The van der Waals surface area contributed by atoms with Gasteiger partial charge in [0.15, 0.2) is 0 Å². The third-order valence-electron chi connectivity index (χ3n) is 5.60. The SMILES string of the molecule is COC(=O)c1c(C#N)cc(N[C@@H]2CCCC[C@@H]2CC(=O)OC(C)(C)C)nc1-c1cnn(C)c1. The smallest absolute Gasteiger partial charge is 0.341 e. The van der Waals surface area contributed by atoms with E-state index in [1.807, 2.05) is 20.8 Å². The lowest BCUT2D eigenvalue weighted by molar-refractivity contribution is -0.156. The van der Waals surface area contributed by atoms with Crippen LogP contribution in [0.15, 0.2) is 18.5 Å². The molecule has 2 aromatic heterocycles. The van der Waals surface area contributed by atoms with Gasteiger partial charge >= 0.3 is 11.9 Å². The number of nitrogens with one attached hydrogen (secondary N) is 1. The number of carbonyl (C=O) groups is 2. The van der Waals surface area contributed by atoms with E-state index in [4.69, 9.17) is 9.47 Å². The van der Waals surface area contributed by atoms with Gasteiger partial charge in [0.2, 0.25) is 0 Å². The predicted octanol–water partition coefficient (Wildman–Crippen LogP) is 3.84. The van der Waals surface area contributed by atoms with E-state index in [1.165, 1.54) is 7.11 Å². The van der Waals surface area contributed by atoms with Crippen molar-refractivity contribution in [2.75, 3.05) is 12.4 Å². The number of nitrogens with zero attached hydrogens (tertiary/aromatic N) is 4. The number of methoxy groups -OCH3 is 1. The first-order valence-electron chi connectivity index (χ1n) is 11.1. The summed E-state index contributed by atoms with van der Waals surface area (Å²) in [6, 6.07) is 3.65. The number of aromatic nitrogens is 3. The van der Waals surface area contributed by atoms with Gasteiger partial charge in [-0.15, -0.1) is 0 Å². The van der Waals surface area contributed by atoms with Crippen LogP contribution in [0, 0.1) is 17.2 Å². The molecule has 0 aromatic carbocycles. The maximum atomic E-state index is 12.5. The van der Waals surface area contributed by atoms with Gasteiger partial charge < -0.3 is 14.8 Å². The number of nitriles is 1. The first-order chi connectivity index (χ1) is 15.6. The van der Waals surface area contributed by atoms with Gasteiger partial charge in [-0.1, -0.05) is 12.8 Å². The van der Waals surface area contributed by atoms with E-state index >= 15 is 0 Å². The Balaban J connectivity index is 1.92. The van der Waals surface area contributed by atoms with Gasteiger partial charge in [0.25, 0.3) is 0 Å². The van der Waals surface area contributed by atoms with Crippen molar-refractivity contribution < 1.29 is 19.1 Å². The van der Waals surface area contributed by atoms with Crippen molar-refractivity contribution in [1.29, 1.82) is 5.26 Å². The van der Waals surface area contributed by atoms with Crippen molar-refractivity contribution in [3.8, 4) is 17.3 Å². The summed E-state index contributed by atoms with van der Waals surface area (Å²) in [5, 5.41) is 17.3. The Bertz CT molecular complexity index is 1060. The van der Waals surface area contributed by atoms with Crippen molar-refractivity contribution in [2.45, 2.75) is 64.5 Å². The average molecular weight is 454 g/mol. The van der Waals surface area contributed by atoms with Gasteiger partial charge in [-0.05, 0) is 45.6 Å². The predicted molar refractivity (Wildman–Crippen MR) is 122 cm³/mol. The Morgan fingerprint density at radius 2 is 2.03 bits per heavy atom. The van der Waals surface area contributed by atoms with Crippen molar-refractivity contribution in [2.24, 2.45) is 13.0 Å². The highest BCUT2D eigenvalue weighted by Gasteiger charge is 2.30.